The maximum absolute atomic E-state index is 5.42. The molecule has 1 N–H and O–H groups in total. The number of methoxy groups -OCH3 is 1. The van der Waals surface area contributed by atoms with Gasteiger partial charge in [-0.15, -0.1) is 0 Å². The highest BCUT2D eigenvalue weighted by atomic mass is 16.5. The molecule has 1 unspecified atom stereocenters. The first-order chi connectivity index (χ1) is 9.22. The van der Waals surface area contributed by atoms with Crippen molar-refractivity contribution in [3.63, 3.8) is 0 Å². The van der Waals surface area contributed by atoms with Crippen molar-refractivity contribution in [1.29, 1.82) is 0 Å². The summed E-state index contributed by atoms with van der Waals surface area (Å²) in [6, 6.07) is 6.70. The summed E-state index contributed by atoms with van der Waals surface area (Å²) in [5, 5.41) is 3.56. The van der Waals surface area contributed by atoms with Gasteiger partial charge in [0.2, 0.25) is 0 Å². The van der Waals surface area contributed by atoms with Gasteiger partial charge in [0.25, 0.3) is 0 Å². The van der Waals surface area contributed by atoms with E-state index in [2.05, 4.69) is 31.3 Å². The van der Waals surface area contributed by atoms with Crippen LogP contribution < -0.4 is 10.1 Å². The second-order valence-electron chi connectivity index (χ2n) is 4.67. The fraction of sp³-hybridized carbons (Fsp3) is 0.625. The van der Waals surface area contributed by atoms with Crippen LogP contribution in [-0.2, 0) is 4.74 Å². The normalized spacial score (nSPS) is 12.4. The van der Waals surface area contributed by atoms with Gasteiger partial charge in [-0.25, -0.2) is 0 Å². The minimum absolute atomic E-state index is 0.399. The molecule has 0 bridgehead atoms. The van der Waals surface area contributed by atoms with Crippen molar-refractivity contribution in [2.75, 3.05) is 26.9 Å². The number of ether oxygens (including phenoxy) is 2. The maximum atomic E-state index is 5.42. The summed E-state index contributed by atoms with van der Waals surface area (Å²) in [5.41, 5.74) is 2.64. The summed E-state index contributed by atoms with van der Waals surface area (Å²) in [6.07, 6.45) is 2.18. The molecule has 1 rings (SSSR count). The average Bonchev–Trinajstić information content (AvgIpc) is 2.42. The first-order valence-electron chi connectivity index (χ1n) is 7.18. The minimum atomic E-state index is 0.399. The molecule has 0 aliphatic rings. The highest BCUT2D eigenvalue weighted by Crippen LogP contribution is 2.25. The van der Waals surface area contributed by atoms with Crippen molar-refractivity contribution in [3.05, 3.63) is 29.3 Å². The van der Waals surface area contributed by atoms with Crippen molar-refractivity contribution in [3.8, 4) is 5.75 Å². The van der Waals surface area contributed by atoms with Gasteiger partial charge in [0.1, 0.15) is 5.75 Å². The Morgan fingerprint density at radius 2 is 2.05 bits per heavy atom. The second kappa shape index (κ2) is 8.94. The van der Waals surface area contributed by atoms with Crippen LogP contribution in [0.25, 0.3) is 0 Å². The molecule has 1 atom stereocenters. The zero-order valence-electron chi connectivity index (χ0n) is 12.7. The Labute approximate surface area is 117 Å². The third kappa shape index (κ3) is 5.21. The zero-order valence-corrected chi connectivity index (χ0v) is 12.7. The number of nitrogens with one attached hydrogen (secondary N) is 1. The molecule has 0 aliphatic carbocycles. The molecule has 0 fully saturated rings. The van der Waals surface area contributed by atoms with E-state index in [0.29, 0.717) is 6.04 Å². The molecular weight excluding hydrogens is 238 g/mol. The molecule has 1 aromatic rings. The zero-order chi connectivity index (χ0) is 14.1. The standard InChI is InChI=1S/C16H27NO2/c1-5-17-16(8-7-11-19-6-2)15-10-9-14(18-4)12-13(15)3/h9-10,12,16-17H,5-8,11H2,1-4H3. The number of benzene rings is 1. The second-order valence-corrected chi connectivity index (χ2v) is 4.67. The molecule has 1 aromatic carbocycles. The van der Waals surface area contributed by atoms with Crippen LogP contribution in [0.2, 0.25) is 0 Å². The van der Waals surface area contributed by atoms with Crippen LogP contribution in [0.4, 0.5) is 0 Å². The van der Waals surface area contributed by atoms with E-state index < -0.39 is 0 Å². The van der Waals surface area contributed by atoms with Gasteiger partial charge in [-0.05, 0) is 56.5 Å². The molecule has 0 saturated heterocycles. The van der Waals surface area contributed by atoms with E-state index in [9.17, 15) is 0 Å². The lowest BCUT2D eigenvalue weighted by Crippen LogP contribution is -2.22. The molecule has 0 saturated carbocycles. The van der Waals surface area contributed by atoms with Crippen molar-refractivity contribution in [2.45, 2.75) is 39.7 Å². The molecule has 0 heterocycles. The van der Waals surface area contributed by atoms with Crippen LogP contribution in [-0.4, -0.2) is 26.9 Å². The highest BCUT2D eigenvalue weighted by Gasteiger charge is 2.12. The van der Waals surface area contributed by atoms with Gasteiger partial charge in [-0.3, -0.25) is 0 Å². The van der Waals surface area contributed by atoms with Gasteiger partial charge in [0, 0.05) is 19.3 Å². The number of rotatable bonds is 9. The smallest absolute Gasteiger partial charge is 0.119 e. The molecule has 19 heavy (non-hydrogen) atoms. The Morgan fingerprint density at radius 3 is 2.63 bits per heavy atom. The molecular formula is C16H27NO2. The van der Waals surface area contributed by atoms with Crippen molar-refractivity contribution >= 4 is 0 Å². The van der Waals surface area contributed by atoms with Crippen molar-refractivity contribution < 1.29 is 9.47 Å². The lowest BCUT2D eigenvalue weighted by Gasteiger charge is -2.21. The topological polar surface area (TPSA) is 30.5 Å². The fourth-order valence-electron chi connectivity index (χ4n) is 2.31. The lowest BCUT2D eigenvalue weighted by atomic mass is 9.97. The summed E-state index contributed by atoms with van der Waals surface area (Å²) in [7, 11) is 1.71. The summed E-state index contributed by atoms with van der Waals surface area (Å²) >= 11 is 0. The Kier molecular flexibility index (Phi) is 7.53. The van der Waals surface area contributed by atoms with Crippen LogP contribution in [0.1, 0.15) is 43.9 Å². The maximum Gasteiger partial charge on any atom is 0.119 e. The molecule has 3 nitrogen and oxygen atoms in total. The fourth-order valence-corrected chi connectivity index (χ4v) is 2.31. The van der Waals surface area contributed by atoms with Gasteiger partial charge in [0.15, 0.2) is 0 Å². The molecule has 0 aromatic heterocycles. The third-order valence-corrected chi connectivity index (χ3v) is 3.29. The van der Waals surface area contributed by atoms with Crippen molar-refractivity contribution in [2.24, 2.45) is 0 Å². The SMILES string of the molecule is CCNC(CCCOCC)c1ccc(OC)cc1C. The van der Waals surface area contributed by atoms with E-state index >= 15 is 0 Å². The summed E-state index contributed by atoms with van der Waals surface area (Å²) < 4.78 is 10.7. The van der Waals surface area contributed by atoms with E-state index in [-0.39, 0.29) is 0 Å². The Morgan fingerprint density at radius 1 is 1.26 bits per heavy atom. The number of hydrogen-bond acceptors (Lipinski definition) is 3. The van der Waals surface area contributed by atoms with Crippen LogP contribution in [0, 0.1) is 6.92 Å². The highest BCUT2D eigenvalue weighted by molar-refractivity contribution is 5.36. The summed E-state index contributed by atoms with van der Waals surface area (Å²) in [4.78, 5) is 0. The lowest BCUT2D eigenvalue weighted by molar-refractivity contribution is 0.141. The van der Waals surface area contributed by atoms with Gasteiger partial charge in [-0.1, -0.05) is 13.0 Å². The predicted molar refractivity (Wildman–Crippen MR) is 79.9 cm³/mol. The van der Waals surface area contributed by atoms with Gasteiger partial charge in [-0.2, -0.15) is 0 Å². The Hall–Kier alpha value is -1.06. The monoisotopic (exact) mass is 265 g/mol. The number of aryl methyl sites for hydroxylation is 1. The van der Waals surface area contributed by atoms with Crippen LogP contribution in [0.3, 0.4) is 0 Å². The number of hydrogen-bond donors (Lipinski definition) is 1. The van der Waals surface area contributed by atoms with Gasteiger partial charge < -0.3 is 14.8 Å². The molecule has 0 aliphatic heterocycles. The van der Waals surface area contributed by atoms with Crippen molar-refractivity contribution in [1.82, 2.24) is 5.32 Å². The first-order valence-corrected chi connectivity index (χ1v) is 7.18. The molecule has 0 radical (unpaired) electrons. The largest absolute Gasteiger partial charge is 0.497 e. The van der Waals surface area contributed by atoms with Crippen LogP contribution >= 0.6 is 0 Å². The predicted octanol–water partition coefficient (Wildman–Crippen LogP) is 3.47. The van der Waals surface area contributed by atoms with E-state index in [1.54, 1.807) is 7.11 Å². The van der Waals surface area contributed by atoms with Crippen LogP contribution in [0.15, 0.2) is 18.2 Å². The van der Waals surface area contributed by atoms with E-state index in [4.69, 9.17) is 9.47 Å². The summed E-state index contributed by atoms with van der Waals surface area (Å²) in [6.45, 7) is 8.94. The molecule has 3 heteroatoms. The first kappa shape index (κ1) is 16.0. The third-order valence-electron chi connectivity index (χ3n) is 3.29. The van der Waals surface area contributed by atoms with Crippen LogP contribution in [0.5, 0.6) is 5.75 Å². The van der Waals surface area contributed by atoms with E-state index in [1.807, 2.05) is 13.0 Å². The van der Waals surface area contributed by atoms with E-state index in [0.717, 1.165) is 38.3 Å². The molecule has 108 valence electrons. The Balaban J connectivity index is 2.69. The van der Waals surface area contributed by atoms with Gasteiger partial charge >= 0.3 is 0 Å². The average molecular weight is 265 g/mol. The molecule has 0 spiro atoms. The summed E-state index contributed by atoms with van der Waals surface area (Å²) in [5.74, 6) is 0.922. The quantitative estimate of drug-likeness (QED) is 0.693. The Bertz CT molecular complexity index is 366. The minimum Gasteiger partial charge on any atom is -0.497 e. The molecule has 0 amide bonds. The van der Waals surface area contributed by atoms with E-state index in [1.165, 1.54) is 11.1 Å². The van der Waals surface area contributed by atoms with Gasteiger partial charge in [0.05, 0.1) is 7.11 Å².